The van der Waals surface area contributed by atoms with Crippen LogP contribution < -0.4 is 0 Å². The molecule has 1 heterocycles. The molecule has 1 rings (SSSR count). The van der Waals surface area contributed by atoms with E-state index in [1.54, 1.807) is 6.07 Å². The summed E-state index contributed by atoms with van der Waals surface area (Å²) in [5.74, 6) is 0.203. The molecule has 0 aliphatic carbocycles. The van der Waals surface area contributed by atoms with Crippen LogP contribution in [-0.2, 0) is 0 Å². The van der Waals surface area contributed by atoms with Crippen molar-refractivity contribution in [2.75, 3.05) is 0 Å². The molecule has 0 fully saturated rings. The summed E-state index contributed by atoms with van der Waals surface area (Å²) in [5, 5.41) is -0.553. The lowest BCUT2D eigenvalue weighted by Crippen LogP contribution is -1.81. The molecule has 0 atom stereocenters. The molecule has 48 valence electrons. The summed E-state index contributed by atoms with van der Waals surface area (Å²) in [5.41, 5.74) is 0.902. The van der Waals surface area contributed by atoms with Gasteiger partial charge in [0.25, 0.3) is 5.24 Å². The van der Waals surface area contributed by atoms with Gasteiger partial charge in [-0.3, -0.25) is 4.79 Å². The van der Waals surface area contributed by atoms with Crippen molar-refractivity contribution in [2.45, 2.75) is 6.92 Å². The van der Waals surface area contributed by atoms with E-state index in [1.165, 1.54) is 6.26 Å². The van der Waals surface area contributed by atoms with Gasteiger partial charge in [0, 0.05) is 0 Å². The van der Waals surface area contributed by atoms with E-state index in [0.717, 1.165) is 5.56 Å². The minimum absolute atomic E-state index is 0.203. The first kappa shape index (κ1) is 6.36. The van der Waals surface area contributed by atoms with Crippen LogP contribution in [0, 0.1) is 6.92 Å². The van der Waals surface area contributed by atoms with Crippen molar-refractivity contribution in [1.29, 1.82) is 0 Å². The smallest absolute Gasteiger partial charge is 0.287 e. The fourth-order valence-corrected chi connectivity index (χ4v) is 0.633. The highest BCUT2D eigenvalue weighted by atomic mass is 35.5. The van der Waals surface area contributed by atoms with Crippen molar-refractivity contribution in [3.8, 4) is 0 Å². The molecule has 0 saturated heterocycles. The number of aryl methyl sites for hydroxylation is 1. The molecule has 0 aliphatic rings. The first-order valence-electron chi connectivity index (χ1n) is 2.45. The zero-order chi connectivity index (χ0) is 6.85. The third kappa shape index (κ3) is 1.33. The highest BCUT2D eigenvalue weighted by molar-refractivity contribution is 6.67. The zero-order valence-corrected chi connectivity index (χ0v) is 5.61. The molecule has 1 aromatic rings. The summed E-state index contributed by atoms with van der Waals surface area (Å²) in [4.78, 5) is 10.3. The Kier molecular flexibility index (Phi) is 1.58. The Labute approximate surface area is 57.4 Å². The van der Waals surface area contributed by atoms with E-state index in [-0.39, 0.29) is 5.76 Å². The van der Waals surface area contributed by atoms with E-state index in [1.807, 2.05) is 6.92 Å². The van der Waals surface area contributed by atoms with Crippen molar-refractivity contribution in [3.05, 3.63) is 23.7 Å². The molecule has 9 heavy (non-hydrogen) atoms. The van der Waals surface area contributed by atoms with Gasteiger partial charge in [-0.2, -0.15) is 0 Å². The Morgan fingerprint density at radius 3 is 2.67 bits per heavy atom. The maximum absolute atomic E-state index is 10.3. The molecule has 0 spiro atoms. The Morgan fingerprint density at radius 1 is 1.78 bits per heavy atom. The summed E-state index contributed by atoms with van der Waals surface area (Å²) >= 11 is 5.08. The number of rotatable bonds is 1. The summed E-state index contributed by atoms with van der Waals surface area (Å²) in [7, 11) is 0. The maximum Gasteiger partial charge on any atom is 0.287 e. The van der Waals surface area contributed by atoms with E-state index < -0.39 is 5.24 Å². The zero-order valence-electron chi connectivity index (χ0n) is 4.85. The fraction of sp³-hybridized carbons (Fsp3) is 0.167. The lowest BCUT2D eigenvalue weighted by molar-refractivity contribution is 0.105. The monoisotopic (exact) mass is 144 g/mol. The van der Waals surface area contributed by atoms with Gasteiger partial charge < -0.3 is 4.42 Å². The molecule has 0 aromatic carbocycles. The summed E-state index contributed by atoms with van der Waals surface area (Å²) in [6, 6.07) is 1.59. The van der Waals surface area contributed by atoms with E-state index >= 15 is 0 Å². The third-order valence-electron chi connectivity index (χ3n) is 0.924. The summed E-state index contributed by atoms with van der Waals surface area (Å²) in [6.45, 7) is 1.83. The predicted octanol–water partition coefficient (Wildman–Crippen LogP) is 1.97. The van der Waals surface area contributed by atoms with Gasteiger partial charge in [0.1, 0.15) is 0 Å². The first-order valence-corrected chi connectivity index (χ1v) is 2.83. The topological polar surface area (TPSA) is 30.2 Å². The number of halogens is 1. The quantitative estimate of drug-likeness (QED) is 0.564. The third-order valence-corrected chi connectivity index (χ3v) is 1.11. The fourth-order valence-electron chi connectivity index (χ4n) is 0.534. The molecule has 0 saturated carbocycles. The van der Waals surface area contributed by atoms with Crippen molar-refractivity contribution in [2.24, 2.45) is 0 Å². The van der Waals surface area contributed by atoms with Crippen LogP contribution in [-0.4, -0.2) is 5.24 Å². The minimum Gasteiger partial charge on any atom is -0.460 e. The van der Waals surface area contributed by atoms with Crippen molar-refractivity contribution in [1.82, 2.24) is 0 Å². The van der Waals surface area contributed by atoms with Crippen molar-refractivity contribution < 1.29 is 9.21 Å². The molecule has 3 heteroatoms. The van der Waals surface area contributed by atoms with Gasteiger partial charge in [-0.15, -0.1) is 0 Å². The molecule has 0 aliphatic heterocycles. The molecule has 0 unspecified atom stereocenters. The van der Waals surface area contributed by atoms with Gasteiger partial charge in [0.05, 0.1) is 6.26 Å². The van der Waals surface area contributed by atoms with Gasteiger partial charge >= 0.3 is 0 Å². The van der Waals surface area contributed by atoms with Crippen LogP contribution in [0.1, 0.15) is 16.1 Å². The van der Waals surface area contributed by atoms with Gasteiger partial charge in [-0.25, -0.2) is 0 Å². The molecule has 1 aromatic heterocycles. The molecule has 2 nitrogen and oxygen atoms in total. The average molecular weight is 145 g/mol. The van der Waals surface area contributed by atoms with Crippen molar-refractivity contribution >= 4 is 16.8 Å². The summed E-state index contributed by atoms with van der Waals surface area (Å²) < 4.78 is 4.74. The Morgan fingerprint density at radius 2 is 2.44 bits per heavy atom. The highest BCUT2D eigenvalue weighted by Crippen LogP contribution is 2.08. The van der Waals surface area contributed by atoms with E-state index in [0.29, 0.717) is 0 Å². The Hall–Kier alpha value is -0.760. The molecule has 0 bridgehead atoms. The van der Waals surface area contributed by atoms with Gasteiger partial charge in [-0.05, 0) is 30.2 Å². The molecule has 0 N–H and O–H groups in total. The number of hydrogen-bond donors (Lipinski definition) is 0. The van der Waals surface area contributed by atoms with Crippen LogP contribution in [0.3, 0.4) is 0 Å². The van der Waals surface area contributed by atoms with Crippen LogP contribution in [0.2, 0.25) is 0 Å². The maximum atomic E-state index is 10.3. The van der Waals surface area contributed by atoms with E-state index in [2.05, 4.69) is 0 Å². The number of hydrogen-bond acceptors (Lipinski definition) is 2. The second-order valence-corrected chi connectivity index (χ2v) is 2.11. The second kappa shape index (κ2) is 2.23. The normalized spacial score (nSPS) is 9.56. The number of carbonyl (C=O) groups excluding carboxylic acids is 1. The Bertz CT molecular complexity index is 227. The minimum atomic E-state index is -0.553. The average Bonchev–Trinajstić information content (AvgIpc) is 2.14. The molecular formula is C6H5ClO2. The molecular weight excluding hydrogens is 140 g/mol. The predicted molar refractivity (Wildman–Crippen MR) is 33.6 cm³/mol. The SMILES string of the molecule is Cc1coc(C(=O)Cl)c1. The van der Waals surface area contributed by atoms with Crippen LogP contribution in [0.5, 0.6) is 0 Å². The van der Waals surface area contributed by atoms with Gasteiger partial charge in [0.2, 0.25) is 0 Å². The van der Waals surface area contributed by atoms with Crippen LogP contribution in [0.15, 0.2) is 16.7 Å². The van der Waals surface area contributed by atoms with E-state index in [9.17, 15) is 4.79 Å². The lowest BCUT2D eigenvalue weighted by atomic mass is 10.3. The van der Waals surface area contributed by atoms with Crippen LogP contribution >= 0.6 is 11.6 Å². The molecule has 0 radical (unpaired) electrons. The van der Waals surface area contributed by atoms with Gasteiger partial charge in [-0.1, -0.05) is 0 Å². The number of carbonyl (C=O) groups is 1. The summed E-state index contributed by atoms with van der Waals surface area (Å²) in [6.07, 6.45) is 1.48. The first-order chi connectivity index (χ1) is 4.20. The molecule has 0 amide bonds. The van der Waals surface area contributed by atoms with Crippen molar-refractivity contribution in [3.63, 3.8) is 0 Å². The Balaban J connectivity index is 2.98. The van der Waals surface area contributed by atoms with Crippen LogP contribution in [0.25, 0.3) is 0 Å². The second-order valence-electron chi connectivity index (χ2n) is 1.76. The standard InChI is InChI=1S/C6H5ClO2/c1-4-2-5(6(7)8)9-3-4/h2-3H,1H3. The van der Waals surface area contributed by atoms with Crippen LogP contribution in [0.4, 0.5) is 0 Å². The van der Waals surface area contributed by atoms with Gasteiger partial charge in [0.15, 0.2) is 5.76 Å². The highest BCUT2D eigenvalue weighted by Gasteiger charge is 2.04. The lowest BCUT2D eigenvalue weighted by Gasteiger charge is -1.77. The number of furan rings is 1. The largest absolute Gasteiger partial charge is 0.460 e. The van der Waals surface area contributed by atoms with E-state index in [4.69, 9.17) is 16.0 Å².